The summed E-state index contributed by atoms with van der Waals surface area (Å²) in [6.07, 6.45) is 0.250. The van der Waals surface area contributed by atoms with Gasteiger partial charge in [-0.15, -0.1) is 0 Å². The van der Waals surface area contributed by atoms with Crippen LogP contribution in [0.15, 0.2) is 60.7 Å². The molecule has 20 heavy (non-hydrogen) atoms. The van der Waals surface area contributed by atoms with Crippen LogP contribution in [0, 0.1) is 0 Å². The van der Waals surface area contributed by atoms with Crippen LogP contribution in [0.4, 0.5) is 0 Å². The van der Waals surface area contributed by atoms with Gasteiger partial charge in [0.25, 0.3) is 0 Å². The van der Waals surface area contributed by atoms with Gasteiger partial charge in [0.1, 0.15) is 0 Å². The summed E-state index contributed by atoms with van der Waals surface area (Å²) < 4.78 is 0. The van der Waals surface area contributed by atoms with Crippen LogP contribution in [0.3, 0.4) is 0 Å². The van der Waals surface area contributed by atoms with Crippen LogP contribution in [0.5, 0.6) is 0 Å². The van der Waals surface area contributed by atoms with Crippen LogP contribution in [-0.2, 0) is 0 Å². The molecule has 0 radical (unpaired) electrons. The highest BCUT2D eigenvalue weighted by molar-refractivity contribution is 5.19. The highest BCUT2D eigenvalue weighted by Gasteiger charge is 2.12. The summed E-state index contributed by atoms with van der Waals surface area (Å²) in [4.78, 5) is 0. The van der Waals surface area contributed by atoms with E-state index in [0.29, 0.717) is 12.1 Å². The fraction of sp³-hybridized carbons (Fsp3) is 0.333. The molecule has 106 valence electrons. The van der Waals surface area contributed by atoms with Crippen LogP contribution in [-0.4, -0.2) is 6.17 Å². The van der Waals surface area contributed by atoms with E-state index in [9.17, 15) is 0 Å². The van der Waals surface area contributed by atoms with Crippen molar-refractivity contribution in [1.82, 2.24) is 10.6 Å². The van der Waals surface area contributed by atoms with E-state index in [1.54, 1.807) is 0 Å². The van der Waals surface area contributed by atoms with Gasteiger partial charge in [0.2, 0.25) is 0 Å². The van der Waals surface area contributed by atoms with E-state index >= 15 is 0 Å². The molecule has 2 rings (SSSR count). The molecule has 0 saturated heterocycles. The normalized spacial score (nSPS) is 14.2. The van der Waals surface area contributed by atoms with Crippen molar-refractivity contribution < 1.29 is 0 Å². The topological polar surface area (TPSA) is 24.1 Å². The maximum absolute atomic E-state index is 3.59. The van der Waals surface area contributed by atoms with Gasteiger partial charge in [0, 0.05) is 12.1 Å². The minimum Gasteiger partial charge on any atom is -0.295 e. The van der Waals surface area contributed by atoms with Gasteiger partial charge in [-0.25, -0.2) is 0 Å². The molecule has 0 fully saturated rings. The quantitative estimate of drug-likeness (QED) is 0.773. The summed E-state index contributed by atoms with van der Waals surface area (Å²) in [5, 5.41) is 7.17. The van der Waals surface area contributed by atoms with Crippen molar-refractivity contribution in [3.63, 3.8) is 0 Å². The summed E-state index contributed by atoms with van der Waals surface area (Å²) in [6, 6.07) is 21.7. The Kier molecular flexibility index (Phi) is 5.33. The Balaban J connectivity index is 1.88. The first-order valence-corrected chi connectivity index (χ1v) is 7.29. The molecule has 2 atom stereocenters. The lowest BCUT2D eigenvalue weighted by Gasteiger charge is -2.25. The van der Waals surface area contributed by atoms with Crippen LogP contribution < -0.4 is 10.6 Å². The molecule has 0 amide bonds. The SMILES string of the molecule is CC(N[C@H](C)c1ccccc1)N[C@H](C)c1ccccc1. The molecule has 0 unspecified atom stereocenters. The molecule has 0 aromatic heterocycles. The molecule has 2 aromatic rings. The van der Waals surface area contributed by atoms with Crippen molar-refractivity contribution in [3.05, 3.63) is 71.8 Å². The molecule has 0 heterocycles. The van der Waals surface area contributed by atoms with E-state index in [2.05, 4.69) is 92.1 Å². The number of rotatable bonds is 6. The molecule has 0 saturated carbocycles. The van der Waals surface area contributed by atoms with E-state index < -0.39 is 0 Å². The Morgan fingerprint density at radius 2 is 0.950 bits per heavy atom. The standard InChI is InChI=1S/C18H24N2/c1-14(17-10-6-4-7-11-17)19-16(3)20-15(2)18-12-8-5-9-13-18/h4-16,19-20H,1-3H3/t14-,15-/m1/s1. The summed E-state index contributed by atoms with van der Waals surface area (Å²) >= 11 is 0. The third kappa shape index (κ3) is 4.19. The zero-order valence-corrected chi connectivity index (χ0v) is 12.5. The predicted octanol–water partition coefficient (Wildman–Crippen LogP) is 4.03. The number of benzene rings is 2. The van der Waals surface area contributed by atoms with Gasteiger partial charge in [0.15, 0.2) is 0 Å². The summed E-state index contributed by atoms with van der Waals surface area (Å²) in [5.41, 5.74) is 2.63. The van der Waals surface area contributed by atoms with Crippen LogP contribution in [0.25, 0.3) is 0 Å². The highest BCUT2D eigenvalue weighted by atomic mass is 15.1. The largest absolute Gasteiger partial charge is 0.295 e. The molecule has 0 spiro atoms. The van der Waals surface area contributed by atoms with Gasteiger partial charge in [-0.2, -0.15) is 0 Å². The minimum atomic E-state index is 0.250. The fourth-order valence-electron chi connectivity index (χ4n) is 2.47. The lowest BCUT2D eigenvalue weighted by molar-refractivity contribution is 0.377. The maximum atomic E-state index is 3.59. The van der Waals surface area contributed by atoms with Crippen LogP contribution >= 0.6 is 0 Å². The monoisotopic (exact) mass is 268 g/mol. The van der Waals surface area contributed by atoms with Crippen molar-refractivity contribution >= 4 is 0 Å². The molecule has 0 aliphatic rings. The van der Waals surface area contributed by atoms with E-state index in [1.165, 1.54) is 11.1 Å². The van der Waals surface area contributed by atoms with Crippen molar-refractivity contribution in [1.29, 1.82) is 0 Å². The first kappa shape index (κ1) is 14.8. The third-order valence-corrected chi connectivity index (χ3v) is 3.60. The summed E-state index contributed by atoms with van der Waals surface area (Å²) in [6.45, 7) is 6.56. The summed E-state index contributed by atoms with van der Waals surface area (Å²) in [5.74, 6) is 0. The van der Waals surface area contributed by atoms with Crippen molar-refractivity contribution in [2.75, 3.05) is 0 Å². The molecule has 2 heteroatoms. The molecule has 2 N–H and O–H groups in total. The summed E-state index contributed by atoms with van der Waals surface area (Å²) in [7, 11) is 0. The second-order valence-corrected chi connectivity index (χ2v) is 5.32. The van der Waals surface area contributed by atoms with Crippen molar-refractivity contribution in [3.8, 4) is 0 Å². The van der Waals surface area contributed by atoms with Crippen molar-refractivity contribution in [2.45, 2.75) is 39.0 Å². The van der Waals surface area contributed by atoms with Gasteiger partial charge < -0.3 is 0 Å². The third-order valence-electron chi connectivity index (χ3n) is 3.60. The van der Waals surface area contributed by atoms with Gasteiger partial charge in [-0.05, 0) is 31.9 Å². The van der Waals surface area contributed by atoms with E-state index in [-0.39, 0.29) is 6.17 Å². The Morgan fingerprint density at radius 1 is 0.600 bits per heavy atom. The van der Waals surface area contributed by atoms with Crippen molar-refractivity contribution in [2.24, 2.45) is 0 Å². The van der Waals surface area contributed by atoms with Gasteiger partial charge in [0.05, 0.1) is 6.17 Å². The lowest BCUT2D eigenvalue weighted by atomic mass is 10.1. The Morgan fingerprint density at radius 3 is 1.30 bits per heavy atom. The second-order valence-electron chi connectivity index (χ2n) is 5.32. The lowest BCUT2D eigenvalue weighted by Crippen LogP contribution is -2.42. The Labute approximate surface area is 122 Å². The fourth-order valence-corrected chi connectivity index (χ4v) is 2.47. The van der Waals surface area contributed by atoms with E-state index in [4.69, 9.17) is 0 Å². The Hall–Kier alpha value is -1.64. The Bertz CT molecular complexity index is 448. The van der Waals surface area contributed by atoms with E-state index in [1.807, 2.05) is 0 Å². The zero-order valence-electron chi connectivity index (χ0n) is 12.5. The zero-order chi connectivity index (χ0) is 14.4. The number of hydrogen-bond donors (Lipinski definition) is 2. The molecular weight excluding hydrogens is 244 g/mol. The predicted molar refractivity (Wildman–Crippen MR) is 85.4 cm³/mol. The van der Waals surface area contributed by atoms with Crippen LogP contribution in [0.1, 0.15) is 44.0 Å². The maximum Gasteiger partial charge on any atom is 0.0551 e. The number of nitrogens with one attached hydrogen (secondary N) is 2. The molecule has 2 nitrogen and oxygen atoms in total. The van der Waals surface area contributed by atoms with Gasteiger partial charge in [-0.1, -0.05) is 60.7 Å². The smallest absolute Gasteiger partial charge is 0.0551 e. The highest BCUT2D eigenvalue weighted by Crippen LogP contribution is 2.14. The first-order valence-electron chi connectivity index (χ1n) is 7.29. The number of hydrogen-bond acceptors (Lipinski definition) is 2. The average molecular weight is 268 g/mol. The van der Waals surface area contributed by atoms with E-state index in [0.717, 1.165) is 0 Å². The van der Waals surface area contributed by atoms with Crippen LogP contribution in [0.2, 0.25) is 0 Å². The average Bonchev–Trinajstić information content (AvgIpc) is 2.49. The van der Waals surface area contributed by atoms with Gasteiger partial charge in [-0.3, -0.25) is 10.6 Å². The molecule has 0 aliphatic heterocycles. The minimum absolute atomic E-state index is 0.250. The molecular formula is C18H24N2. The molecule has 0 aliphatic carbocycles. The van der Waals surface area contributed by atoms with Gasteiger partial charge >= 0.3 is 0 Å². The second kappa shape index (κ2) is 7.22. The molecule has 0 bridgehead atoms. The molecule has 2 aromatic carbocycles. The first-order chi connectivity index (χ1) is 9.66.